The molecule has 2 rings (SSSR count). The first-order chi connectivity index (χ1) is 6.48. The van der Waals surface area contributed by atoms with Crippen molar-refractivity contribution < 1.29 is 13.5 Å². The molecule has 4 heteroatoms. The van der Waals surface area contributed by atoms with Crippen LogP contribution in [0.2, 0.25) is 0 Å². The molecule has 76 valence electrons. The van der Waals surface area contributed by atoms with Crippen molar-refractivity contribution in [2.24, 2.45) is 0 Å². The highest BCUT2D eigenvalue weighted by molar-refractivity contribution is 7.79. The van der Waals surface area contributed by atoms with Gasteiger partial charge in [0, 0.05) is 6.42 Å². The summed E-state index contributed by atoms with van der Waals surface area (Å²) in [6.45, 7) is 4.01. The van der Waals surface area contributed by atoms with Crippen molar-refractivity contribution in [2.75, 3.05) is 0 Å². The van der Waals surface area contributed by atoms with Crippen LogP contribution in [0.5, 0.6) is 5.75 Å². The molecule has 0 aliphatic carbocycles. The Morgan fingerprint density at radius 1 is 1.50 bits per heavy atom. The van der Waals surface area contributed by atoms with Crippen molar-refractivity contribution in [3.05, 3.63) is 23.8 Å². The summed E-state index contributed by atoms with van der Waals surface area (Å²) < 4.78 is 25.4. The second-order valence-electron chi connectivity index (χ2n) is 4.06. The van der Waals surface area contributed by atoms with Gasteiger partial charge < -0.3 is 9.29 Å². The van der Waals surface area contributed by atoms with E-state index in [1.54, 1.807) is 18.2 Å². The highest BCUT2D eigenvalue weighted by atomic mass is 32.2. The van der Waals surface area contributed by atoms with Crippen LogP contribution in [-0.2, 0) is 17.5 Å². The maximum atomic E-state index is 10.8. The molecule has 0 saturated carbocycles. The van der Waals surface area contributed by atoms with E-state index in [4.69, 9.17) is 9.29 Å². The lowest BCUT2D eigenvalue weighted by atomic mass is 10.0. The molecular weight excluding hydrogens is 200 g/mol. The number of benzene rings is 1. The fourth-order valence-electron chi connectivity index (χ4n) is 1.69. The van der Waals surface area contributed by atoms with E-state index < -0.39 is 11.1 Å². The second kappa shape index (κ2) is 3.07. The van der Waals surface area contributed by atoms with Gasteiger partial charge in [-0.15, -0.1) is 0 Å². The number of fused-ring (bicyclic) bond motifs is 1. The molecule has 1 unspecified atom stereocenters. The van der Waals surface area contributed by atoms with Gasteiger partial charge in [0.05, 0.1) is 4.90 Å². The Morgan fingerprint density at radius 2 is 2.21 bits per heavy atom. The minimum absolute atomic E-state index is 0.197. The van der Waals surface area contributed by atoms with E-state index in [2.05, 4.69) is 0 Å². The summed E-state index contributed by atoms with van der Waals surface area (Å²) in [4.78, 5) is 0.435. The predicted molar refractivity (Wildman–Crippen MR) is 53.9 cm³/mol. The Kier molecular flexibility index (Phi) is 2.12. The topological polar surface area (TPSA) is 46.5 Å². The molecular formula is C10H12O3S. The number of hydrogen-bond donors (Lipinski definition) is 1. The molecule has 1 atom stereocenters. The first-order valence-electron chi connectivity index (χ1n) is 4.41. The van der Waals surface area contributed by atoms with Gasteiger partial charge in [-0.2, -0.15) is 0 Å². The summed E-state index contributed by atoms with van der Waals surface area (Å²) in [5.41, 5.74) is 0.813. The highest BCUT2D eigenvalue weighted by Gasteiger charge is 2.30. The summed E-state index contributed by atoms with van der Waals surface area (Å²) in [5.74, 6) is 0.823. The fourth-order valence-corrected chi connectivity index (χ4v) is 2.12. The summed E-state index contributed by atoms with van der Waals surface area (Å²) in [5, 5.41) is 0. The van der Waals surface area contributed by atoms with Crippen molar-refractivity contribution in [3.63, 3.8) is 0 Å². The average Bonchev–Trinajstić information content (AvgIpc) is 2.36. The van der Waals surface area contributed by atoms with E-state index in [9.17, 15) is 4.21 Å². The van der Waals surface area contributed by atoms with Gasteiger partial charge in [0.2, 0.25) is 0 Å². The predicted octanol–water partition coefficient (Wildman–Crippen LogP) is 1.98. The molecule has 1 aromatic carbocycles. The molecule has 0 spiro atoms. The zero-order valence-corrected chi connectivity index (χ0v) is 8.93. The van der Waals surface area contributed by atoms with Crippen LogP contribution in [0.4, 0.5) is 0 Å². The normalized spacial score (nSPS) is 19.9. The lowest BCUT2D eigenvalue weighted by Crippen LogP contribution is -2.24. The highest BCUT2D eigenvalue weighted by Crippen LogP contribution is 2.35. The number of hydrogen-bond acceptors (Lipinski definition) is 2. The van der Waals surface area contributed by atoms with E-state index >= 15 is 0 Å². The quantitative estimate of drug-likeness (QED) is 0.724. The van der Waals surface area contributed by atoms with Crippen LogP contribution >= 0.6 is 0 Å². The van der Waals surface area contributed by atoms with Crippen molar-refractivity contribution in [3.8, 4) is 5.75 Å². The van der Waals surface area contributed by atoms with Gasteiger partial charge in [-0.3, -0.25) is 0 Å². The molecule has 0 aromatic heterocycles. The minimum atomic E-state index is -1.90. The van der Waals surface area contributed by atoms with E-state index in [0.29, 0.717) is 4.90 Å². The third-order valence-electron chi connectivity index (χ3n) is 2.24. The van der Waals surface area contributed by atoms with Gasteiger partial charge in [0.25, 0.3) is 0 Å². The van der Waals surface area contributed by atoms with Crippen LogP contribution in [0.25, 0.3) is 0 Å². The first-order valence-corrected chi connectivity index (χ1v) is 5.51. The fraction of sp³-hybridized carbons (Fsp3) is 0.400. The third kappa shape index (κ3) is 1.67. The largest absolute Gasteiger partial charge is 0.487 e. The third-order valence-corrected chi connectivity index (χ3v) is 2.89. The lowest BCUT2D eigenvalue weighted by Gasteiger charge is -2.16. The molecule has 0 fully saturated rings. The molecule has 0 saturated heterocycles. The molecule has 1 aliphatic rings. The molecule has 1 aliphatic heterocycles. The van der Waals surface area contributed by atoms with Crippen LogP contribution in [0, 0.1) is 0 Å². The molecule has 14 heavy (non-hydrogen) atoms. The van der Waals surface area contributed by atoms with E-state index in [1.165, 1.54) is 0 Å². The molecule has 0 amide bonds. The summed E-state index contributed by atoms with van der Waals surface area (Å²) in [7, 11) is 0. The van der Waals surface area contributed by atoms with Gasteiger partial charge in [-0.25, -0.2) is 4.21 Å². The van der Waals surface area contributed by atoms with Crippen molar-refractivity contribution >= 4 is 11.1 Å². The lowest BCUT2D eigenvalue weighted by molar-refractivity contribution is 0.138. The molecule has 3 nitrogen and oxygen atoms in total. The Hall–Kier alpha value is -0.870. The standard InChI is InChI=1S/C10H12O3S/c1-10(2)6-7-5-8(14(11)12)3-4-9(7)13-10/h3-5H,6H2,1-2H3,(H,11,12). The van der Waals surface area contributed by atoms with E-state index in [0.717, 1.165) is 17.7 Å². The average molecular weight is 212 g/mol. The molecule has 1 aromatic rings. The summed E-state index contributed by atoms with van der Waals surface area (Å²) in [6.07, 6.45) is 0.785. The maximum absolute atomic E-state index is 10.8. The van der Waals surface area contributed by atoms with Crippen LogP contribution in [0.3, 0.4) is 0 Å². The first kappa shape index (κ1) is 9.68. The van der Waals surface area contributed by atoms with Gasteiger partial charge in [-0.05, 0) is 37.6 Å². The number of ether oxygens (including phenoxy) is 1. The van der Waals surface area contributed by atoms with Crippen LogP contribution < -0.4 is 4.74 Å². The second-order valence-corrected chi connectivity index (χ2v) is 5.03. The minimum Gasteiger partial charge on any atom is -0.487 e. The summed E-state index contributed by atoms with van der Waals surface area (Å²) in [6, 6.07) is 5.12. The monoisotopic (exact) mass is 212 g/mol. The SMILES string of the molecule is CC1(C)Cc2cc(S(=O)O)ccc2O1. The maximum Gasteiger partial charge on any atom is 0.186 e. The molecule has 0 radical (unpaired) electrons. The van der Waals surface area contributed by atoms with Gasteiger partial charge in [-0.1, -0.05) is 0 Å². The zero-order chi connectivity index (χ0) is 10.3. The van der Waals surface area contributed by atoms with Crippen LogP contribution in [0.1, 0.15) is 19.4 Å². The van der Waals surface area contributed by atoms with Gasteiger partial charge in [0.15, 0.2) is 11.1 Å². The van der Waals surface area contributed by atoms with Crippen molar-refractivity contribution in [1.29, 1.82) is 0 Å². The van der Waals surface area contributed by atoms with Gasteiger partial charge in [0.1, 0.15) is 11.4 Å². The molecule has 0 bridgehead atoms. The zero-order valence-electron chi connectivity index (χ0n) is 8.11. The van der Waals surface area contributed by atoms with Crippen molar-refractivity contribution in [2.45, 2.75) is 30.8 Å². The Balaban J connectivity index is 2.40. The Bertz CT molecular complexity index is 398. The molecule has 1 N–H and O–H groups in total. The van der Waals surface area contributed by atoms with Crippen LogP contribution in [-0.4, -0.2) is 14.4 Å². The van der Waals surface area contributed by atoms with Crippen LogP contribution in [0.15, 0.2) is 23.1 Å². The summed E-state index contributed by atoms with van der Waals surface area (Å²) >= 11 is -1.90. The number of rotatable bonds is 1. The van der Waals surface area contributed by atoms with E-state index in [-0.39, 0.29) is 5.60 Å². The van der Waals surface area contributed by atoms with Crippen molar-refractivity contribution in [1.82, 2.24) is 0 Å². The van der Waals surface area contributed by atoms with E-state index in [1.807, 2.05) is 13.8 Å². The Labute approximate surface area is 85.4 Å². The van der Waals surface area contributed by atoms with Gasteiger partial charge >= 0.3 is 0 Å². The smallest absolute Gasteiger partial charge is 0.186 e. The Morgan fingerprint density at radius 3 is 2.86 bits per heavy atom. The molecule has 1 heterocycles.